The van der Waals surface area contributed by atoms with Crippen LogP contribution in [0.3, 0.4) is 0 Å². The highest BCUT2D eigenvalue weighted by molar-refractivity contribution is 5.99. The van der Waals surface area contributed by atoms with Gasteiger partial charge in [0.1, 0.15) is 23.0 Å². The number of phenols is 4. The number of rotatable bonds is 60. The lowest BCUT2D eigenvalue weighted by molar-refractivity contribution is 0.0971. The van der Waals surface area contributed by atoms with Gasteiger partial charge in [-0.15, -0.1) is 0 Å². The molecule has 0 unspecified atom stereocenters. The summed E-state index contributed by atoms with van der Waals surface area (Å²) >= 11 is 0. The summed E-state index contributed by atoms with van der Waals surface area (Å²) in [5.74, 6) is -0.500. The number of aromatic hydroxyl groups is 4. The second kappa shape index (κ2) is 53.5. The van der Waals surface area contributed by atoms with Gasteiger partial charge in [0.05, 0.1) is 0 Å². The lowest BCUT2D eigenvalue weighted by Crippen LogP contribution is -2.09. The predicted octanol–water partition coefficient (Wildman–Crippen LogP) is 27.8. The Labute approximate surface area is 610 Å². The minimum atomic E-state index is -0.0755. The summed E-state index contributed by atoms with van der Waals surface area (Å²) < 4.78 is 0. The van der Waals surface area contributed by atoms with E-state index in [-0.39, 0.29) is 71.8 Å². The molecule has 4 N–H and O–H groups in total. The highest BCUT2D eigenvalue weighted by Crippen LogP contribution is 2.41. The summed E-state index contributed by atoms with van der Waals surface area (Å²) in [6, 6.07) is 13.9. The Morgan fingerprint density at radius 3 is 0.430 bits per heavy atom. The summed E-state index contributed by atoms with van der Waals surface area (Å²) in [5.41, 5.74) is 4.96. The van der Waals surface area contributed by atoms with E-state index in [1.165, 1.54) is 231 Å². The molecule has 0 aliphatic heterocycles. The van der Waals surface area contributed by atoms with Gasteiger partial charge in [-0.05, 0) is 119 Å². The first-order chi connectivity index (χ1) is 48.9. The van der Waals surface area contributed by atoms with Crippen molar-refractivity contribution in [3.8, 4) is 23.0 Å². The molecule has 0 saturated heterocycles. The summed E-state index contributed by atoms with van der Waals surface area (Å²) in [7, 11) is 0. The standard InChI is InChI=1S/C92H144O8/c1-5-9-13-17-21-25-29-33-37-41-45-49-53-57-85(93)73-61-77-69-79-63-74(86(94)58-54-50-46-42-38-34-30-26-22-18-14-10-6-2)65-81(90(79)98)71-83-67-76(88(96)60-56-52-48-44-40-36-32-28-24-20-16-12-8-4)68-84(92(83)100)72-82-66-75(64-80(91(82)99)70-78(62-73)89(77)97)87(95)59-55-51-47-43-39-35-31-27-23-19-15-11-7-3/h61-68,97-100H,5-60,69-72H2,1-4H3. The molecule has 560 valence electrons. The van der Waals surface area contributed by atoms with Gasteiger partial charge in [-0.1, -0.05) is 336 Å². The van der Waals surface area contributed by atoms with Crippen LogP contribution in [-0.2, 0) is 25.7 Å². The molecule has 8 bridgehead atoms. The van der Waals surface area contributed by atoms with Crippen molar-refractivity contribution in [1.82, 2.24) is 0 Å². The summed E-state index contributed by atoms with van der Waals surface area (Å²) in [4.78, 5) is 58.1. The van der Waals surface area contributed by atoms with E-state index in [4.69, 9.17) is 0 Å². The van der Waals surface area contributed by atoms with Gasteiger partial charge in [0.2, 0.25) is 0 Å². The molecule has 0 atom stereocenters. The molecule has 100 heavy (non-hydrogen) atoms. The number of fused-ring (bicyclic) bond motifs is 8. The molecule has 0 heterocycles. The van der Waals surface area contributed by atoms with Crippen LogP contribution < -0.4 is 0 Å². The van der Waals surface area contributed by atoms with Gasteiger partial charge < -0.3 is 20.4 Å². The third-order valence-corrected chi connectivity index (χ3v) is 21.9. The number of carbonyl (C=O) groups excluding carboxylic acids is 4. The fourth-order valence-electron chi connectivity index (χ4n) is 15.4. The maximum Gasteiger partial charge on any atom is 0.162 e. The van der Waals surface area contributed by atoms with E-state index >= 15 is 0 Å². The zero-order valence-electron chi connectivity index (χ0n) is 64.5. The predicted molar refractivity (Wildman–Crippen MR) is 422 cm³/mol. The average Bonchev–Trinajstić information content (AvgIpc) is 0.779. The van der Waals surface area contributed by atoms with Crippen molar-refractivity contribution in [3.63, 3.8) is 0 Å². The minimum absolute atomic E-state index is 0.0127. The molecule has 5 rings (SSSR count). The van der Waals surface area contributed by atoms with Crippen LogP contribution in [0.4, 0.5) is 0 Å². The van der Waals surface area contributed by atoms with Crippen molar-refractivity contribution in [2.75, 3.05) is 0 Å². The topological polar surface area (TPSA) is 149 Å². The maximum atomic E-state index is 14.5. The Hall–Kier alpha value is -5.24. The van der Waals surface area contributed by atoms with E-state index in [1.54, 1.807) is 48.5 Å². The van der Waals surface area contributed by atoms with Crippen LogP contribution in [0.2, 0.25) is 0 Å². The number of benzene rings is 4. The van der Waals surface area contributed by atoms with Crippen LogP contribution in [-0.4, -0.2) is 43.6 Å². The number of hydrogen-bond acceptors (Lipinski definition) is 8. The smallest absolute Gasteiger partial charge is 0.162 e. The first kappa shape index (κ1) is 85.4. The van der Waals surface area contributed by atoms with Crippen molar-refractivity contribution >= 4 is 23.1 Å². The van der Waals surface area contributed by atoms with Crippen molar-refractivity contribution in [3.05, 3.63) is 115 Å². The van der Waals surface area contributed by atoms with Crippen molar-refractivity contribution in [2.24, 2.45) is 0 Å². The highest BCUT2D eigenvalue weighted by atomic mass is 16.3. The Bertz CT molecular complexity index is 2430. The zero-order valence-corrected chi connectivity index (χ0v) is 64.5. The van der Waals surface area contributed by atoms with Gasteiger partial charge in [0.15, 0.2) is 23.1 Å². The quantitative estimate of drug-likeness (QED) is 0.0222. The Morgan fingerprint density at radius 2 is 0.310 bits per heavy atom. The largest absolute Gasteiger partial charge is 0.507 e. The van der Waals surface area contributed by atoms with E-state index in [2.05, 4.69) is 27.7 Å². The molecule has 1 aliphatic carbocycles. The van der Waals surface area contributed by atoms with Crippen molar-refractivity contribution in [1.29, 1.82) is 0 Å². The van der Waals surface area contributed by atoms with E-state index < -0.39 is 0 Å². The second-order valence-electron chi connectivity index (χ2n) is 30.9. The van der Waals surface area contributed by atoms with E-state index in [1.807, 2.05) is 0 Å². The molecular weight excluding hydrogens is 1230 g/mol. The van der Waals surface area contributed by atoms with Gasteiger partial charge in [-0.25, -0.2) is 0 Å². The van der Waals surface area contributed by atoms with Crippen LogP contribution in [0.5, 0.6) is 23.0 Å². The number of Topliss-reactive ketones (excluding diaryl/α,β-unsaturated/α-hetero) is 4. The third-order valence-electron chi connectivity index (χ3n) is 21.9. The van der Waals surface area contributed by atoms with Crippen molar-refractivity contribution < 1.29 is 39.6 Å². The maximum absolute atomic E-state index is 14.5. The first-order valence-electron chi connectivity index (χ1n) is 42.4. The minimum Gasteiger partial charge on any atom is -0.507 e. The fourth-order valence-corrected chi connectivity index (χ4v) is 15.4. The Kier molecular flexibility index (Phi) is 45.7. The van der Waals surface area contributed by atoms with Gasteiger partial charge >= 0.3 is 0 Å². The van der Waals surface area contributed by atoms with Crippen LogP contribution in [0, 0.1) is 0 Å². The van der Waals surface area contributed by atoms with Crippen LogP contribution in [0.15, 0.2) is 48.5 Å². The van der Waals surface area contributed by atoms with Gasteiger partial charge in [0.25, 0.3) is 0 Å². The van der Waals surface area contributed by atoms with Crippen LogP contribution >= 0.6 is 0 Å². The van der Waals surface area contributed by atoms with Crippen LogP contribution in [0.1, 0.15) is 473 Å². The number of ketones is 4. The number of carbonyl (C=O) groups is 4. The normalized spacial score (nSPS) is 12.2. The second-order valence-corrected chi connectivity index (χ2v) is 30.9. The molecular formula is C92H144O8. The molecule has 0 aromatic heterocycles. The first-order valence-corrected chi connectivity index (χ1v) is 42.4. The highest BCUT2D eigenvalue weighted by Gasteiger charge is 2.26. The number of phenolic OH excluding ortho intramolecular Hbond substituents is 4. The summed E-state index contributed by atoms with van der Waals surface area (Å²) in [5, 5.41) is 50.2. The summed E-state index contributed by atoms with van der Waals surface area (Å²) in [6.45, 7) is 9.04. The van der Waals surface area contributed by atoms with E-state index in [0.717, 1.165) is 103 Å². The SMILES string of the molecule is CCCCCCCCCCCCCCCC(=O)c1cc2c(O)c(c1)Cc1cc(C(=O)CCCCCCCCCCCCCCC)cc(c1O)Cc1cc(C(=O)CCCCCCCCCCCCCCC)cc(c1O)Cc1cc(C(=O)CCCCCCCCCCCCCCC)cc(c1O)C2. The molecule has 0 spiro atoms. The molecule has 4 aromatic rings. The van der Waals surface area contributed by atoms with Gasteiger partial charge in [-0.3, -0.25) is 19.2 Å². The van der Waals surface area contributed by atoms with Crippen LogP contribution in [0.25, 0.3) is 0 Å². The molecule has 0 amide bonds. The Morgan fingerprint density at radius 1 is 0.200 bits per heavy atom. The van der Waals surface area contributed by atoms with Gasteiger partial charge in [0, 0.05) is 73.6 Å². The zero-order chi connectivity index (χ0) is 71.6. The van der Waals surface area contributed by atoms with E-state index in [9.17, 15) is 39.6 Å². The average molecular weight is 1380 g/mol. The summed E-state index contributed by atoms with van der Waals surface area (Å²) in [6.07, 6.45) is 63.6. The molecule has 0 fully saturated rings. The van der Waals surface area contributed by atoms with Gasteiger partial charge in [-0.2, -0.15) is 0 Å². The molecule has 4 aromatic carbocycles. The fraction of sp³-hybridized carbons (Fsp3) is 0.696. The Balaban J connectivity index is 1.45. The van der Waals surface area contributed by atoms with Crippen molar-refractivity contribution in [2.45, 2.75) is 413 Å². The third kappa shape index (κ3) is 34.4. The molecule has 8 heteroatoms. The molecule has 0 radical (unpaired) electrons. The monoisotopic (exact) mass is 1380 g/mol. The molecule has 0 saturated carbocycles. The number of unbranched alkanes of at least 4 members (excludes halogenated alkanes) is 48. The van der Waals surface area contributed by atoms with E-state index in [0.29, 0.717) is 92.4 Å². The lowest BCUT2D eigenvalue weighted by atomic mass is 9.86. The lowest BCUT2D eigenvalue weighted by Gasteiger charge is -2.20. The molecule has 8 nitrogen and oxygen atoms in total. The molecule has 1 aliphatic rings. The number of hydrogen-bond donors (Lipinski definition) is 4.